The van der Waals surface area contributed by atoms with Crippen molar-refractivity contribution >= 4 is 23.5 Å². The van der Waals surface area contributed by atoms with Crippen LogP contribution in [0.2, 0.25) is 0 Å². The SMILES string of the molecule is [2H]C([2H])(Cl)C([2H])(OC(=O)CCCCCCCC=CCC=CCC=CCC)C([2H])([2H])OC(=O)CCCCCCCCCCCCCCC. The molecule has 0 rings (SSSR count). The van der Waals surface area contributed by atoms with Crippen LogP contribution in [-0.2, 0) is 19.1 Å². The monoisotopic (exact) mass is 613 g/mol. The summed E-state index contributed by atoms with van der Waals surface area (Å²) in [4.78, 5) is 24.9. The van der Waals surface area contributed by atoms with Gasteiger partial charge in [-0.05, 0) is 44.9 Å². The van der Waals surface area contributed by atoms with Gasteiger partial charge in [-0.1, -0.05) is 147 Å². The number of hydrogen-bond acceptors (Lipinski definition) is 4. The van der Waals surface area contributed by atoms with Crippen LogP contribution in [0.5, 0.6) is 0 Å². The lowest BCUT2D eigenvalue weighted by Gasteiger charge is -2.15. The first kappa shape index (κ1) is 31.9. The Morgan fingerprint density at radius 2 is 1.10 bits per heavy atom. The van der Waals surface area contributed by atoms with Crippen molar-refractivity contribution < 1.29 is 25.9 Å². The van der Waals surface area contributed by atoms with Crippen LogP contribution in [0.3, 0.4) is 0 Å². The van der Waals surface area contributed by atoms with Gasteiger partial charge in [0.1, 0.15) is 12.6 Å². The molecule has 0 amide bonds. The molecule has 1 unspecified atom stereocenters. The van der Waals surface area contributed by atoms with E-state index >= 15 is 0 Å². The molecule has 0 aromatic carbocycles. The largest absolute Gasteiger partial charge is 0.462 e. The van der Waals surface area contributed by atoms with Gasteiger partial charge >= 0.3 is 11.9 Å². The Bertz CT molecular complexity index is 888. The molecule has 0 saturated heterocycles. The molecule has 0 saturated carbocycles. The Labute approximate surface area is 272 Å². The Hall–Kier alpha value is -1.55. The maximum atomic E-state index is 12.5. The standard InChI is InChI=1S/C37H65ClO4/c1-3-5-7-9-11-13-15-17-18-20-22-24-26-28-30-32-37(40)42-35(33-38)34-41-36(39)31-29-27-25-23-21-19-16-14-12-10-8-6-4-2/h5,7,11,13,17-18,35H,3-4,6,8-10,12,14-16,19-34H2,1-2H3/i33D2,34D2,35D. The molecule has 4 nitrogen and oxygen atoms in total. The lowest BCUT2D eigenvalue weighted by Crippen LogP contribution is -2.26. The van der Waals surface area contributed by atoms with Gasteiger partial charge in [-0.2, -0.15) is 0 Å². The van der Waals surface area contributed by atoms with E-state index in [1.807, 2.05) is 0 Å². The fourth-order valence-corrected chi connectivity index (χ4v) is 4.63. The number of ether oxygens (including phenoxy) is 2. The van der Waals surface area contributed by atoms with E-state index in [4.69, 9.17) is 27.9 Å². The van der Waals surface area contributed by atoms with Crippen LogP contribution >= 0.6 is 11.6 Å². The van der Waals surface area contributed by atoms with Crippen molar-refractivity contribution in [2.24, 2.45) is 0 Å². The number of halogens is 1. The molecule has 0 radical (unpaired) electrons. The van der Waals surface area contributed by atoms with Crippen molar-refractivity contribution in [2.45, 2.75) is 174 Å². The molecule has 0 heterocycles. The minimum Gasteiger partial charge on any atom is -0.462 e. The van der Waals surface area contributed by atoms with E-state index in [1.54, 1.807) is 0 Å². The lowest BCUT2D eigenvalue weighted by molar-refractivity contribution is -0.157. The predicted octanol–water partition coefficient (Wildman–Crippen LogP) is 11.8. The molecule has 0 fully saturated rings. The lowest BCUT2D eigenvalue weighted by atomic mass is 10.0. The summed E-state index contributed by atoms with van der Waals surface area (Å²) in [6.45, 7) is 1.07. The Morgan fingerprint density at radius 3 is 1.62 bits per heavy atom. The average molecular weight is 614 g/mol. The molecule has 0 aromatic rings. The zero-order chi connectivity index (χ0) is 35.3. The zero-order valence-corrected chi connectivity index (χ0v) is 27.7. The smallest absolute Gasteiger partial charge is 0.306 e. The molecule has 0 N–H and O–H groups in total. The van der Waals surface area contributed by atoms with Crippen molar-refractivity contribution in [1.29, 1.82) is 0 Å². The number of carbonyl (C=O) groups excluding carboxylic acids is 2. The van der Waals surface area contributed by atoms with Gasteiger partial charge in [-0.15, -0.1) is 11.6 Å². The maximum Gasteiger partial charge on any atom is 0.306 e. The predicted molar refractivity (Wildman–Crippen MR) is 181 cm³/mol. The molecule has 0 spiro atoms. The fourth-order valence-electron chi connectivity index (χ4n) is 4.55. The van der Waals surface area contributed by atoms with Crippen LogP contribution in [0.25, 0.3) is 0 Å². The number of unbranched alkanes of at least 4 members (excludes halogenated alkanes) is 17. The highest BCUT2D eigenvalue weighted by Crippen LogP contribution is 2.14. The molecule has 0 aliphatic heterocycles. The molecule has 0 aliphatic carbocycles. The molecular weight excluding hydrogens is 544 g/mol. The van der Waals surface area contributed by atoms with Gasteiger partial charge in [0.2, 0.25) is 0 Å². The summed E-state index contributed by atoms with van der Waals surface area (Å²) >= 11 is 5.71. The third-order valence-corrected chi connectivity index (χ3v) is 7.25. The second kappa shape index (κ2) is 33.9. The first-order valence-electron chi connectivity index (χ1n) is 19.5. The van der Waals surface area contributed by atoms with E-state index in [-0.39, 0.29) is 12.8 Å². The van der Waals surface area contributed by atoms with E-state index < -0.39 is 30.4 Å². The highest BCUT2D eigenvalue weighted by molar-refractivity contribution is 6.18. The summed E-state index contributed by atoms with van der Waals surface area (Å²) in [6, 6.07) is 0. The van der Waals surface area contributed by atoms with Gasteiger partial charge < -0.3 is 9.47 Å². The van der Waals surface area contributed by atoms with E-state index in [2.05, 4.69) is 50.3 Å². The third kappa shape index (κ3) is 31.4. The van der Waals surface area contributed by atoms with Gasteiger partial charge in [0.15, 0.2) is 0 Å². The summed E-state index contributed by atoms with van der Waals surface area (Å²) < 4.78 is 50.1. The van der Waals surface area contributed by atoms with Crippen LogP contribution in [-0.4, -0.2) is 30.4 Å². The van der Waals surface area contributed by atoms with Crippen LogP contribution in [0.4, 0.5) is 0 Å². The Balaban J connectivity index is 4.29. The molecule has 0 bridgehead atoms. The zero-order valence-electron chi connectivity index (χ0n) is 31.9. The van der Waals surface area contributed by atoms with Crippen molar-refractivity contribution in [1.82, 2.24) is 0 Å². The minimum absolute atomic E-state index is 0.0731. The number of hydrogen-bond donors (Lipinski definition) is 0. The minimum atomic E-state index is -3.28. The Kier molecular flexibility index (Phi) is 25.8. The summed E-state index contributed by atoms with van der Waals surface area (Å²) in [5.41, 5.74) is 0. The van der Waals surface area contributed by atoms with Gasteiger partial charge in [-0.3, -0.25) is 9.59 Å². The molecule has 0 aromatic heterocycles. The molecule has 244 valence electrons. The van der Waals surface area contributed by atoms with Crippen LogP contribution in [0.15, 0.2) is 36.5 Å². The summed E-state index contributed by atoms with van der Waals surface area (Å²) in [5, 5.41) is 0. The van der Waals surface area contributed by atoms with Crippen molar-refractivity contribution in [3.8, 4) is 0 Å². The van der Waals surface area contributed by atoms with E-state index in [9.17, 15) is 9.59 Å². The molecular formula is C37H65ClO4. The van der Waals surface area contributed by atoms with Crippen molar-refractivity contribution in [3.63, 3.8) is 0 Å². The number of esters is 2. The number of carbonyl (C=O) groups is 2. The summed E-state index contributed by atoms with van der Waals surface area (Å²) in [5.74, 6) is -5.02. The van der Waals surface area contributed by atoms with Gasteiger partial charge in [-0.25, -0.2) is 0 Å². The second-order valence-corrected chi connectivity index (χ2v) is 11.3. The number of allylic oxidation sites excluding steroid dienone is 6. The molecule has 5 heteroatoms. The first-order valence-corrected chi connectivity index (χ1v) is 17.4. The van der Waals surface area contributed by atoms with Crippen molar-refractivity contribution in [3.05, 3.63) is 36.5 Å². The van der Waals surface area contributed by atoms with E-state index in [1.165, 1.54) is 51.4 Å². The number of alkyl halides is 1. The maximum absolute atomic E-state index is 12.5. The van der Waals surface area contributed by atoms with Crippen molar-refractivity contribution in [2.75, 3.05) is 12.4 Å². The molecule has 0 aliphatic rings. The van der Waals surface area contributed by atoms with Crippen LogP contribution in [0, 0.1) is 0 Å². The second-order valence-electron chi connectivity index (χ2n) is 11.1. The first-order chi connectivity index (χ1) is 22.4. The normalized spacial score (nSPS) is 15.7. The van der Waals surface area contributed by atoms with Gasteiger partial charge in [0.25, 0.3) is 0 Å². The summed E-state index contributed by atoms with van der Waals surface area (Å²) in [6.07, 6.45) is 32.5. The highest BCUT2D eigenvalue weighted by Gasteiger charge is 2.16. The van der Waals surface area contributed by atoms with E-state index in [0.29, 0.717) is 12.8 Å². The summed E-state index contributed by atoms with van der Waals surface area (Å²) in [7, 11) is 0. The Morgan fingerprint density at radius 1 is 0.643 bits per heavy atom. The van der Waals surface area contributed by atoms with Crippen LogP contribution < -0.4 is 0 Å². The quantitative estimate of drug-likeness (QED) is 0.0337. The third-order valence-electron chi connectivity index (χ3n) is 7.08. The average Bonchev–Trinajstić information content (AvgIpc) is 3.00. The molecule has 42 heavy (non-hydrogen) atoms. The fraction of sp³-hybridized carbons (Fsp3) is 0.784. The number of rotatable bonds is 31. The highest BCUT2D eigenvalue weighted by atomic mass is 35.5. The topological polar surface area (TPSA) is 52.6 Å². The molecule has 1 atom stereocenters. The van der Waals surface area contributed by atoms with E-state index in [0.717, 1.165) is 77.0 Å². The van der Waals surface area contributed by atoms with Gasteiger partial charge in [0, 0.05) is 15.6 Å². The van der Waals surface area contributed by atoms with Gasteiger partial charge in [0.05, 0.1) is 9.94 Å². The van der Waals surface area contributed by atoms with Crippen LogP contribution in [0.1, 0.15) is 175 Å².